The van der Waals surface area contributed by atoms with Gasteiger partial charge in [-0.25, -0.2) is 0 Å². The summed E-state index contributed by atoms with van der Waals surface area (Å²) in [7, 11) is 0. The summed E-state index contributed by atoms with van der Waals surface area (Å²) in [6.07, 6.45) is 0.749. The average molecular weight is 319 g/mol. The molecule has 0 saturated carbocycles. The molecule has 2 rings (SSSR count). The Morgan fingerprint density at radius 3 is 3.00 bits per heavy atom. The Hall–Kier alpha value is -0.580. The number of hydrogen-bond acceptors (Lipinski definition) is 2. The molecule has 1 aromatic carbocycles. The van der Waals surface area contributed by atoms with Crippen molar-refractivity contribution in [2.45, 2.75) is 19.4 Å². The second-order valence-electron chi connectivity index (χ2n) is 4.08. The van der Waals surface area contributed by atoms with Crippen molar-refractivity contribution in [3.63, 3.8) is 0 Å². The topological polar surface area (TPSA) is 38.3 Å². The van der Waals surface area contributed by atoms with Crippen molar-refractivity contribution in [2.75, 3.05) is 11.9 Å². The van der Waals surface area contributed by atoms with Gasteiger partial charge in [-0.05, 0) is 47.5 Å². The lowest BCUT2D eigenvalue weighted by Crippen LogP contribution is -2.27. The van der Waals surface area contributed by atoms with Crippen LogP contribution in [0.1, 0.15) is 13.3 Å². The lowest BCUT2D eigenvalue weighted by Gasteiger charge is -2.15. The molecule has 1 amide bonds. The minimum Gasteiger partial charge on any atom is -0.378 e. The van der Waals surface area contributed by atoms with Gasteiger partial charge in [0.1, 0.15) is 0 Å². The zero-order valence-electron chi connectivity index (χ0n) is 9.37. The Bertz CT molecular complexity index is 439. The molecule has 0 spiro atoms. The van der Waals surface area contributed by atoms with E-state index in [4.69, 9.17) is 16.3 Å². The number of nitrogens with one attached hydrogen (secondary N) is 1. The largest absolute Gasteiger partial charge is 0.378 e. The predicted octanol–water partition coefficient (Wildman–Crippen LogP) is 3.47. The van der Waals surface area contributed by atoms with Crippen LogP contribution in [0, 0.1) is 5.92 Å². The summed E-state index contributed by atoms with van der Waals surface area (Å²) in [5, 5.41) is 3.47. The molecular weight excluding hydrogens is 305 g/mol. The Labute approximate surface area is 114 Å². The molecule has 1 aromatic rings. The van der Waals surface area contributed by atoms with Crippen molar-refractivity contribution in [3.8, 4) is 0 Å². The highest BCUT2D eigenvalue weighted by atomic mass is 79.9. The molecule has 17 heavy (non-hydrogen) atoms. The SMILES string of the molecule is CC1OCCC1C(=O)Nc1cc(Cl)ccc1Br. The summed E-state index contributed by atoms with van der Waals surface area (Å²) < 4.78 is 6.20. The molecule has 1 N–H and O–H groups in total. The third-order valence-electron chi connectivity index (χ3n) is 2.90. The van der Waals surface area contributed by atoms with Crippen LogP contribution in [0.25, 0.3) is 0 Å². The van der Waals surface area contributed by atoms with E-state index in [2.05, 4.69) is 21.2 Å². The van der Waals surface area contributed by atoms with Gasteiger partial charge in [0, 0.05) is 16.1 Å². The minimum absolute atomic E-state index is 0.0158. The van der Waals surface area contributed by atoms with E-state index in [-0.39, 0.29) is 17.9 Å². The zero-order valence-corrected chi connectivity index (χ0v) is 11.7. The number of rotatable bonds is 2. The highest BCUT2D eigenvalue weighted by molar-refractivity contribution is 9.10. The summed E-state index contributed by atoms with van der Waals surface area (Å²) in [4.78, 5) is 12.0. The third-order valence-corrected chi connectivity index (χ3v) is 3.83. The lowest BCUT2D eigenvalue weighted by atomic mass is 10.0. The standard InChI is InChI=1S/C12H13BrClNO2/c1-7-9(4-5-17-7)12(16)15-11-6-8(14)2-3-10(11)13/h2-3,6-7,9H,4-5H2,1H3,(H,15,16). The number of amides is 1. The summed E-state index contributed by atoms with van der Waals surface area (Å²) in [5.74, 6) is -0.0983. The van der Waals surface area contributed by atoms with Crippen molar-refractivity contribution in [1.29, 1.82) is 0 Å². The van der Waals surface area contributed by atoms with Crippen LogP contribution in [0.3, 0.4) is 0 Å². The van der Waals surface area contributed by atoms with E-state index in [1.807, 2.05) is 13.0 Å². The maximum atomic E-state index is 12.0. The van der Waals surface area contributed by atoms with Crippen LogP contribution in [-0.2, 0) is 9.53 Å². The van der Waals surface area contributed by atoms with Crippen molar-refractivity contribution in [1.82, 2.24) is 0 Å². The van der Waals surface area contributed by atoms with E-state index in [9.17, 15) is 4.79 Å². The molecule has 0 aliphatic carbocycles. The lowest BCUT2D eigenvalue weighted by molar-refractivity contribution is -0.121. The Kier molecular flexibility index (Phi) is 4.07. The fraction of sp³-hybridized carbons (Fsp3) is 0.417. The summed E-state index contributed by atoms with van der Waals surface area (Å²) in [6.45, 7) is 2.57. The molecule has 92 valence electrons. The van der Waals surface area contributed by atoms with Crippen LogP contribution in [0.15, 0.2) is 22.7 Å². The van der Waals surface area contributed by atoms with Crippen LogP contribution in [-0.4, -0.2) is 18.6 Å². The number of ether oxygens (including phenoxy) is 1. The Morgan fingerprint density at radius 1 is 1.59 bits per heavy atom. The van der Waals surface area contributed by atoms with Crippen molar-refractivity contribution >= 4 is 39.1 Å². The first-order valence-corrected chi connectivity index (χ1v) is 6.62. The number of hydrogen-bond donors (Lipinski definition) is 1. The molecule has 0 bridgehead atoms. The predicted molar refractivity (Wildman–Crippen MR) is 71.3 cm³/mol. The molecule has 1 aliphatic heterocycles. The molecule has 0 radical (unpaired) electrons. The van der Waals surface area contributed by atoms with Crippen molar-refractivity contribution < 1.29 is 9.53 Å². The van der Waals surface area contributed by atoms with E-state index in [1.165, 1.54) is 0 Å². The molecule has 2 atom stereocenters. The molecular formula is C12H13BrClNO2. The second kappa shape index (κ2) is 5.38. The van der Waals surface area contributed by atoms with Crippen LogP contribution in [0.5, 0.6) is 0 Å². The van der Waals surface area contributed by atoms with E-state index in [0.29, 0.717) is 17.3 Å². The molecule has 1 heterocycles. The zero-order chi connectivity index (χ0) is 12.4. The van der Waals surface area contributed by atoms with Gasteiger partial charge in [-0.15, -0.1) is 0 Å². The second-order valence-corrected chi connectivity index (χ2v) is 5.38. The van der Waals surface area contributed by atoms with E-state index in [1.54, 1.807) is 12.1 Å². The molecule has 1 saturated heterocycles. The molecule has 2 unspecified atom stereocenters. The highest BCUT2D eigenvalue weighted by Crippen LogP contribution is 2.28. The van der Waals surface area contributed by atoms with Gasteiger partial charge >= 0.3 is 0 Å². The van der Waals surface area contributed by atoms with Gasteiger partial charge in [-0.1, -0.05) is 11.6 Å². The quantitative estimate of drug-likeness (QED) is 0.907. The molecule has 5 heteroatoms. The normalized spacial score (nSPS) is 23.7. The van der Waals surface area contributed by atoms with E-state index >= 15 is 0 Å². The number of halogens is 2. The van der Waals surface area contributed by atoms with Crippen LogP contribution < -0.4 is 5.32 Å². The van der Waals surface area contributed by atoms with Crippen molar-refractivity contribution in [3.05, 3.63) is 27.7 Å². The fourth-order valence-electron chi connectivity index (χ4n) is 1.89. The molecule has 3 nitrogen and oxygen atoms in total. The van der Waals surface area contributed by atoms with Gasteiger partial charge in [0.25, 0.3) is 0 Å². The molecule has 0 aromatic heterocycles. The Balaban J connectivity index is 2.10. The van der Waals surface area contributed by atoms with Crippen LogP contribution >= 0.6 is 27.5 Å². The monoisotopic (exact) mass is 317 g/mol. The first kappa shape index (κ1) is 12.9. The van der Waals surface area contributed by atoms with E-state index in [0.717, 1.165) is 10.9 Å². The van der Waals surface area contributed by atoms with Gasteiger partial charge in [0.2, 0.25) is 5.91 Å². The number of carbonyl (C=O) groups excluding carboxylic acids is 1. The molecule has 1 aliphatic rings. The van der Waals surface area contributed by atoms with Gasteiger partial charge in [-0.2, -0.15) is 0 Å². The van der Waals surface area contributed by atoms with Gasteiger partial charge in [-0.3, -0.25) is 4.79 Å². The summed E-state index contributed by atoms with van der Waals surface area (Å²) in [6, 6.07) is 5.30. The summed E-state index contributed by atoms with van der Waals surface area (Å²) in [5.41, 5.74) is 0.696. The maximum absolute atomic E-state index is 12.0. The van der Waals surface area contributed by atoms with Crippen LogP contribution in [0.2, 0.25) is 5.02 Å². The Morgan fingerprint density at radius 2 is 2.35 bits per heavy atom. The smallest absolute Gasteiger partial charge is 0.230 e. The number of carbonyl (C=O) groups is 1. The number of benzene rings is 1. The fourth-order valence-corrected chi connectivity index (χ4v) is 2.41. The number of anilines is 1. The maximum Gasteiger partial charge on any atom is 0.230 e. The van der Waals surface area contributed by atoms with Gasteiger partial charge in [0.15, 0.2) is 0 Å². The van der Waals surface area contributed by atoms with Gasteiger partial charge < -0.3 is 10.1 Å². The highest BCUT2D eigenvalue weighted by Gasteiger charge is 2.30. The van der Waals surface area contributed by atoms with E-state index < -0.39 is 0 Å². The summed E-state index contributed by atoms with van der Waals surface area (Å²) >= 11 is 9.27. The average Bonchev–Trinajstić information content (AvgIpc) is 2.70. The van der Waals surface area contributed by atoms with Crippen molar-refractivity contribution in [2.24, 2.45) is 5.92 Å². The van der Waals surface area contributed by atoms with Gasteiger partial charge in [0.05, 0.1) is 17.7 Å². The first-order valence-electron chi connectivity index (χ1n) is 5.45. The third kappa shape index (κ3) is 3.00. The molecule has 1 fully saturated rings. The first-order chi connectivity index (χ1) is 8.08. The minimum atomic E-state index is -0.0825. The van der Waals surface area contributed by atoms with Crippen LogP contribution in [0.4, 0.5) is 5.69 Å².